The Morgan fingerprint density at radius 2 is 2.15 bits per heavy atom. The van der Waals surface area contributed by atoms with Crippen LogP contribution in [0.15, 0.2) is 22.9 Å². The molecule has 110 valence electrons. The average molecular weight is 351 g/mol. The predicted molar refractivity (Wildman–Crippen MR) is 71.1 cm³/mol. The molecule has 1 N–H and O–H groups in total. The van der Waals surface area contributed by atoms with Gasteiger partial charge < -0.3 is 5.32 Å². The molecule has 0 aliphatic heterocycles. The van der Waals surface area contributed by atoms with E-state index in [2.05, 4.69) is 26.2 Å². The van der Waals surface area contributed by atoms with Gasteiger partial charge in [0.1, 0.15) is 4.60 Å². The maximum atomic E-state index is 13.1. The van der Waals surface area contributed by atoms with Crippen molar-refractivity contribution >= 4 is 21.8 Å². The molecule has 1 aromatic rings. The second kappa shape index (κ2) is 6.11. The highest BCUT2D eigenvalue weighted by Crippen LogP contribution is 2.38. The minimum absolute atomic E-state index is 0.0833. The number of carbonyl (C=O) groups excluding carboxylic acids is 1. The summed E-state index contributed by atoms with van der Waals surface area (Å²) in [4.78, 5) is 15.3. The van der Waals surface area contributed by atoms with E-state index in [0.29, 0.717) is 4.60 Å². The molecule has 0 radical (unpaired) electrons. The zero-order chi connectivity index (χ0) is 14.8. The molecule has 1 aliphatic rings. The first kappa shape index (κ1) is 15.3. The number of carbonyl (C=O) groups is 1. The fourth-order valence-electron chi connectivity index (χ4n) is 1.92. The second-order valence-corrected chi connectivity index (χ2v) is 5.70. The van der Waals surface area contributed by atoms with Gasteiger partial charge in [0, 0.05) is 18.7 Å². The molecule has 0 aromatic carbocycles. The van der Waals surface area contributed by atoms with Crippen molar-refractivity contribution in [3.8, 4) is 0 Å². The molecule has 0 saturated heterocycles. The van der Waals surface area contributed by atoms with E-state index in [1.165, 1.54) is 18.3 Å². The van der Waals surface area contributed by atoms with Gasteiger partial charge in [-0.15, -0.1) is 0 Å². The van der Waals surface area contributed by atoms with Gasteiger partial charge in [-0.25, -0.2) is 4.98 Å². The summed E-state index contributed by atoms with van der Waals surface area (Å²) in [5.41, 5.74) is 0.0833. The molecule has 1 atom stereocenters. The number of nitrogens with zero attached hydrogens (tertiary/aromatic N) is 1. The molecule has 1 unspecified atom stereocenters. The lowest BCUT2D eigenvalue weighted by Gasteiger charge is -2.20. The molecule has 3 nitrogen and oxygen atoms in total. The third kappa shape index (κ3) is 4.47. The number of hydrogen-bond acceptors (Lipinski definition) is 2. The van der Waals surface area contributed by atoms with Gasteiger partial charge >= 0.3 is 6.18 Å². The molecular weight excluding hydrogens is 337 g/mol. The van der Waals surface area contributed by atoms with E-state index in [1.54, 1.807) is 0 Å². The third-order valence-corrected chi connectivity index (χ3v) is 3.62. The van der Waals surface area contributed by atoms with Crippen LogP contribution in [0.1, 0.15) is 37.2 Å². The quantitative estimate of drug-likeness (QED) is 0.825. The van der Waals surface area contributed by atoms with Crippen molar-refractivity contribution < 1.29 is 18.0 Å². The number of halogens is 4. The SMILES string of the molecule is O=C(CCC(c1ccc(Br)nc1)C(F)(F)F)NC1CC1. The van der Waals surface area contributed by atoms with Gasteiger partial charge in [0.15, 0.2) is 0 Å². The van der Waals surface area contributed by atoms with E-state index in [4.69, 9.17) is 0 Å². The highest BCUT2D eigenvalue weighted by atomic mass is 79.9. The molecule has 0 bridgehead atoms. The largest absolute Gasteiger partial charge is 0.395 e. The van der Waals surface area contributed by atoms with Gasteiger partial charge in [-0.2, -0.15) is 13.2 Å². The molecule has 1 aliphatic carbocycles. The monoisotopic (exact) mass is 350 g/mol. The van der Waals surface area contributed by atoms with Crippen LogP contribution < -0.4 is 5.32 Å². The number of hydrogen-bond donors (Lipinski definition) is 1. The van der Waals surface area contributed by atoms with E-state index in [0.717, 1.165) is 12.8 Å². The minimum atomic E-state index is -4.38. The summed E-state index contributed by atoms with van der Waals surface area (Å²) in [5, 5.41) is 2.69. The Bertz CT molecular complexity index is 471. The standard InChI is InChI=1S/C13H14BrF3N2O/c14-11-5-1-8(7-18-11)10(13(15,16)17)4-6-12(20)19-9-2-3-9/h1,5,7,9-10H,2-4,6H2,(H,19,20). The Morgan fingerprint density at radius 3 is 2.65 bits per heavy atom. The molecule has 7 heteroatoms. The van der Waals surface area contributed by atoms with Crippen molar-refractivity contribution in [3.63, 3.8) is 0 Å². The van der Waals surface area contributed by atoms with Crippen molar-refractivity contribution in [1.82, 2.24) is 10.3 Å². The van der Waals surface area contributed by atoms with Crippen molar-refractivity contribution in [1.29, 1.82) is 0 Å². The van der Waals surface area contributed by atoms with Crippen LogP contribution >= 0.6 is 15.9 Å². The highest BCUT2D eigenvalue weighted by Gasteiger charge is 2.40. The first-order valence-corrected chi connectivity index (χ1v) is 7.13. The summed E-state index contributed by atoms with van der Waals surface area (Å²) in [6, 6.07) is 3.02. The molecule has 1 aromatic heterocycles. The number of alkyl halides is 3. The molecule has 1 amide bonds. The normalized spacial score (nSPS) is 16.8. The molecule has 1 fully saturated rings. The Labute approximate surface area is 123 Å². The van der Waals surface area contributed by atoms with E-state index >= 15 is 0 Å². The van der Waals surface area contributed by atoms with E-state index < -0.39 is 12.1 Å². The first-order chi connectivity index (χ1) is 9.36. The molecule has 1 saturated carbocycles. The van der Waals surface area contributed by atoms with Gasteiger partial charge in [0.2, 0.25) is 5.91 Å². The summed E-state index contributed by atoms with van der Waals surface area (Å²) in [6.45, 7) is 0. The van der Waals surface area contributed by atoms with Gasteiger partial charge in [-0.1, -0.05) is 6.07 Å². The molecule has 20 heavy (non-hydrogen) atoms. The summed E-state index contributed by atoms with van der Waals surface area (Å²) >= 11 is 3.08. The fourth-order valence-corrected chi connectivity index (χ4v) is 2.15. The van der Waals surface area contributed by atoms with Crippen molar-refractivity contribution in [3.05, 3.63) is 28.5 Å². The Kier molecular flexibility index (Phi) is 4.67. The van der Waals surface area contributed by atoms with Gasteiger partial charge in [0.05, 0.1) is 5.92 Å². The summed E-state index contributed by atoms with van der Waals surface area (Å²) in [5.74, 6) is -1.97. The second-order valence-electron chi connectivity index (χ2n) is 4.89. The predicted octanol–water partition coefficient (Wildman–Crippen LogP) is 3.55. The Morgan fingerprint density at radius 1 is 1.45 bits per heavy atom. The zero-order valence-electron chi connectivity index (χ0n) is 10.6. The van der Waals surface area contributed by atoms with Gasteiger partial charge in [-0.05, 0) is 46.8 Å². The lowest BCUT2D eigenvalue weighted by atomic mass is 9.95. The van der Waals surface area contributed by atoms with E-state index in [-0.39, 0.29) is 30.4 Å². The smallest absolute Gasteiger partial charge is 0.353 e. The topological polar surface area (TPSA) is 42.0 Å². The van der Waals surface area contributed by atoms with Crippen molar-refractivity contribution in [2.24, 2.45) is 0 Å². The van der Waals surface area contributed by atoms with Crippen LogP contribution in [0.25, 0.3) is 0 Å². The van der Waals surface area contributed by atoms with Crippen molar-refractivity contribution in [2.45, 2.75) is 43.8 Å². The molecule has 1 heterocycles. The van der Waals surface area contributed by atoms with E-state index in [9.17, 15) is 18.0 Å². The first-order valence-electron chi connectivity index (χ1n) is 6.34. The van der Waals surface area contributed by atoms with Crippen LogP contribution in [0, 0.1) is 0 Å². The fraction of sp³-hybridized carbons (Fsp3) is 0.538. The van der Waals surface area contributed by atoms with Crippen LogP contribution in [0.5, 0.6) is 0 Å². The third-order valence-electron chi connectivity index (χ3n) is 3.15. The maximum Gasteiger partial charge on any atom is 0.395 e. The van der Waals surface area contributed by atoms with Crippen LogP contribution in [0.4, 0.5) is 13.2 Å². The van der Waals surface area contributed by atoms with Gasteiger partial charge in [-0.3, -0.25) is 4.79 Å². The zero-order valence-corrected chi connectivity index (χ0v) is 12.2. The number of rotatable bonds is 5. The van der Waals surface area contributed by atoms with Crippen LogP contribution in [0.2, 0.25) is 0 Å². The minimum Gasteiger partial charge on any atom is -0.353 e. The molecule has 0 spiro atoms. The maximum absolute atomic E-state index is 13.1. The number of nitrogens with one attached hydrogen (secondary N) is 1. The van der Waals surface area contributed by atoms with Gasteiger partial charge in [0.25, 0.3) is 0 Å². The summed E-state index contributed by atoms with van der Waals surface area (Å²) in [6.07, 6.45) is -1.73. The van der Waals surface area contributed by atoms with Crippen molar-refractivity contribution in [2.75, 3.05) is 0 Å². The summed E-state index contributed by atoms with van der Waals surface area (Å²) in [7, 11) is 0. The van der Waals surface area contributed by atoms with Crippen LogP contribution in [-0.2, 0) is 4.79 Å². The Balaban J connectivity index is 2.00. The summed E-state index contributed by atoms with van der Waals surface area (Å²) < 4.78 is 39.7. The Hall–Kier alpha value is -1.11. The molecular formula is C13H14BrF3N2O. The van der Waals surface area contributed by atoms with E-state index in [1.807, 2.05) is 0 Å². The highest BCUT2D eigenvalue weighted by molar-refractivity contribution is 9.10. The van der Waals surface area contributed by atoms with Crippen LogP contribution in [0.3, 0.4) is 0 Å². The lowest BCUT2D eigenvalue weighted by Crippen LogP contribution is -2.28. The number of pyridine rings is 1. The number of aromatic nitrogens is 1. The number of amides is 1. The molecule has 2 rings (SSSR count). The average Bonchev–Trinajstić information content (AvgIpc) is 3.14. The van der Waals surface area contributed by atoms with Crippen LogP contribution in [-0.4, -0.2) is 23.1 Å². The lowest BCUT2D eigenvalue weighted by molar-refractivity contribution is -0.153.